The van der Waals surface area contributed by atoms with Crippen LogP contribution in [-0.4, -0.2) is 56.2 Å². The van der Waals surface area contributed by atoms with Crippen molar-refractivity contribution in [2.24, 2.45) is 0 Å². The highest BCUT2D eigenvalue weighted by molar-refractivity contribution is 7.90. The van der Waals surface area contributed by atoms with E-state index in [0.29, 0.717) is 29.8 Å². The van der Waals surface area contributed by atoms with Gasteiger partial charge in [0.1, 0.15) is 0 Å². The number of anilines is 1. The monoisotopic (exact) mass is 504 g/mol. The van der Waals surface area contributed by atoms with Crippen molar-refractivity contribution in [2.45, 2.75) is 59.7 Å². The van der Waals surface area contributed by atoms with Gasteiger partial charge in [0.25, 0.3) is 0 Å². The molecule has 0 spiro atoms. The Kier molecular flexibility index (Phi) is 7.96. The molecule has 0 unspecified atom stereocenters. The number of ether oxygens (including phenoxy) is 2. The molecule has 0 radical (unpaired) electrons. The Labute approximate surface area is 208 Å². The standard InChI is InChI=1S/C26H36N2O6S/c1-16-8-10-19(11-9-16)21-17(2)20-12-13-28(14-15-33-7)35(31,32)27-23(20)18(3)22(21)24(25(29)30)34-26(4,5)6/h8-11,24,27H,12-15H2,1-7H3,(H,29,30)/t24-/m0/s1. The van der Waals surface area contributed by atoms with Gasteiger partial charge in [0.2, 0.25) is 0 Å². The van der Waals surface area contributed by atoms with Crippen LogP contribution >= 0.6 is 0 Å². The SMILES string of the molecule is COCCN1CCc2c(C)c(-c3ccc(C)cc3)c([C@H](OC(C)(C)C)C(=O)O)c(C)c2NS1(=O)=O. The number of carbonyl (C=O) groups is 1. The molecule has 0 aliphatic carbocycles. The van der Waals surface area contributed by atoms with Crippen molar-refractivity contribution in [2.75, 3.05) is 31.5 Å². The van der Waals surface area contributed by atoms with Gasteiger partial charge >= 0.3 is 16.2 Å². The van der Waals surface area contributed by atoms with Crippen LogP contribution in [-0.2, 0) is 30.9 Å². The molecule has 1 aliphatic heterocycles. The van der Waals surface area contributed by atoms with Gasteiger partial charge in [0, 0.05) is 25.8 Å². The highest BCUT2D eigenvalue weighted by Gasteiger charge is 2.36. The minimum Gasteiger partial charge on any atom is -0.479 e. The zero-order valence-corrected chi connectivity index (χ0v) is 22.4. The maximum absolute atomic E-state index is 13.2. The summed E-state index contributed by atoms with van der Waals surface area (Å²) in [5.74, 6) is -1.13. The summed E-state index contributed by atoms with van der Waals surface area (Å²) < 4.78 is 41.6. The molecular weight excluding hydrogens is 468 g/mol. The fourth-order valence-electron chi connectivity index (χ4n) is 4.52. The molecule has 1 aliphatic rings. The number of carboxylic acid groups (broad SMARTS) is 1. The molecule has 35 heavy (non-hydrogen) atoms. The maximum atomic E-state index is 13.2. The third kappa shape index (κ3) is 5.86. The Balaban J connectivity index is 2.33. The lowest BCUT2D eigenvalue weighted by Gasteiger charge is -2.30. The lowest BCUT2D eigenvalue weighted by atomic mass is 9.83. The van der Waals surface area contributed by atoms with E-state index in [0.717, 1.165) is 27.8 Å². The molecular formula is C26H36N2O6S. The number of methoxy groups -OCH3 is 1. The van der Waals surface area contributed by atoms with Crippen LogP contribution in [0.25, 0.3) is 11.1 Å². The lowest BCUT2D eigenvalue weighted by molar-refractivity contribution is -0.160. The first-order valence-corrected chi connectivity index (χ1v) is 13.1. The average molecular weight is 505 g/mol. The van der Waals surface area contributed by atoms with E-state index in [-0.39, 0.29) is 13.2 Å². The van der Waals surface area contributed by atoms with Crippen molar-refractivity contribution in [1.82, 2.24) is 4.31 Å². The average Bonchev–Trinajstić information content (AvgIpc) is 2.89. The Hall–Kier alpha value is -2.46. The number of nitrogens with one attached hydrogen (secondary N) is 1. The van der Waals surface area contributed by atoms with E-state index in [2.05, 4.69) is 4.72 Å². The molecule has 0 aromatic heterocycles. The quantitative estimate of drug-likeness (QED) is 0.580. The molecule has 192 valence electrons. The Morgan fingerprint density at radius 1 is 1.14 bits per heavy atom. The van der Waals surface area contributed by atoms with Crippen LogP contribution in [0.15, 0.2) is 24.3 Å². The summed E-state index contributed by atoms with van der Waals surface area (Å²) in [6.45, 7) is 11.9. The minimum absolute atomic E-state index is 0.223. The molecule has 8 nitrogen and oxygen atoms in total. The van der Waals surface area contributed by atoms with Crippen LogP contribution in [0, 0.1) is 20.8 Å². The van der Waals surface area contributed by atoms with E-state index in [1.807, 2.05) is 38.1 Å². The van der Waals surface area contributed by atoms with Crippen LogP contribution in [0.3, 0.4) is 0 Å². The van der Waals surface area contributed by atoms with Gasteiger partial charge in [-0.15, -0.1) is 0 Å². The highest BCUT2D eigenvalue weighted by atomic mass is 32.2. The van der Waals surface area contributed by atoms with E-state index in [1.54, 1.807) is 27.7 Å². The summed E-state index contributed by atoms with van der Waals surface area (Å²) in [7, 11) is -2.32. The summed E-state index contributed by atoms with van der Waals surface area (Å²) in [5, 5.41) is 10.2. The van der Waals surface area contributed by atoms with Crippen LogP contribution in [0.5, 0.6) is 0 Å². The Morgan fingerprint density at radius 3 is 2.31 bits per heavy atom. The number of aliphatic carboxylic acids is 1. The number of rotatable bonds is 7. The molecule has 0 amide bonds. The van der Waals surface area contributed by atoms with Crippen molar-refractivity contribution in [1.29, 1.82) is 0 Å². The van der Waals surface area contributed by atoms with E-state index < -0.39 is 27.9 Å². The molecule has 0 fully saturated rings. The second-order valence-corrected chi connectivity index (χ2v) is 11.6. The number of carboxylic acids is 1. The number of hydrogen-bond donors (Lipinski definition) is 2. The van der Waals surface area contributed by atoms with Crippen molar-refractivity contribution in [3.8, 4) is 11.1 Å². The van der Waals surface area contributed by atoms with Crippen LogP contribution in [0.4, 0.5) is 5.69 Å². The first kappa shape index (κ1) is 27.1. The highest BCUT2D eigenvalue weighted by Crippen LogP contribution is 2.44. The molecule has 2 aromatic rings. The number of nitrogens with zero attached hydrogens (tertiary/aromatic N) is 1. The predicted octanol–water partition coefficient (Wildman–Crippen LogP) is 4.38. The van der Waals surface area contributed by atoms with Crippen molar-refractivity contribution in [3.05, 3.63) is 52.1 Å². The molecule has 0 saturated heterocycles. The molecule has 1 atom stereocenters. The van der Waals surface area contributed by atoms with Crippen LogP contribution in [0.1, 0.15) is 54.7 Å². The number of benzene rings is 2. The van der Waals surface area contributed by atoms with Gasteiger partial charge in [-0.3, -0.25) is 4.72 Å². The summed E-state index contributed by atoms with van der Waals surface area (Å²) >= 11 is 0. The Morgan fingerprint density at radius 2 is 1.77 bits per heavy atom. The van der Waals surface area contributed by atoms with Crippen molar-refractivity contribution < 1.29 is 27.8 Å². The zero-order chi connectivity index (χ0) is 26.1. The van der Waals surface area contributed by atoms with Gasteiger partial charge in [0.05, 0.1) is 17.9 Å². The Bertz CT molecular complexity index is 1200. The first-order chi connectivity index (χ1) is 16.3. The molecule has 0 saturated carbocycles. The van der Waals surface area contributed by atoms with Gasteiger partial charge in [-0.05, 0) is 75.8 Å². The van der Waals surface area contributed by atoms with Crippen molar-refractivity contribution >= 4 is 21.9 Å². The normalized spacial score (nSPS) is 16.8. The fraction of sp³-hybridized carbons (Fsp3) is 0.500. The van der Waals surface area contributed by atoms with Crippen LogP contribution < -0.4 is 4.72 Å². The molecule has 2 aromatic carbocycles. The lowest BCUT2D eigenvalue weighted by Crippen LogP contribution is -2.37. The maximum Gasteiger partial charge on any atom is 0.337 e. The van der Waals surface area contributed by atoms with Crippen molar-refractivity contribution in [3.63, 3.8) is 0 Å². The van der Waals surface area contributed by atoms with Gasteiger partial charge in [-0.1, -0.05) is 29.8 Å². The summed E-state index contributed by atoms with van der Waals surface area (Å²) in [4.78, 5) is 12.5. The van der Waals surface area contributed by atoms with E-state index >= 15 is 0 Å². The number of aryl methyl sites for hydroxylation is 1. The molecule has 3 rings (SSSR count). The van der Waals surface area contributed by atoms with Gasteiger partial charge in [0.15, 0.2) is 6.10 Å². The largest absolute Gasteiger partial charge is 0.479 e. The first-order valence-electron chi connectivity index (χ1n) is 11.7. The van der Waals surface area contributed by atoms with Crippen LogP contribution in [0.2, 0.25) is 0 Å². The summed E-state index contributed by atoms with van der Waals surface area (Å²) in [5.41, 5.74) is 5.10. The van der Waals surface area contributed by atoms with Gasteiger partial charge in [-0.2, -0.15) is 12.7 Å². The fourth-order valence-corrected chi connectivity index (χ4v) is 5.83. The molecule has 0 bridgehead atoms. The zero-order valence-electron chi connectivity index (χ0n) is 21.6. The summed E-state index contributed by atoms with van der Waals surface area (Å²) in [6, 6.07) is 7.90. The smallest absolute Gasteiger partial charge is 0.337 e. The van der Waals surface area contributed by atoms with E-state index in [1.165, 1.54) is 11.4 Å². The summed E-state index contributed by atoms with van der Waals surface area (Å²) in [6.07, 6.45) is -0.803. The second kappa shape index (κ2) is 10.3. The van der Waals surface area contributed by atoms with E-state index in [4.69, 9.17) is 9.47 Å². The molecule has 9 heteroatoms. The van der Waals surface area contributed by atoms with Gasteiger partial charge in [-0.25, -0.2) is 4.79 Å². The predicted molar refractivity (Wildman–Crippen MR) is 137 cm³/mol. The van der Waals surface area contributed by atoms with E-state index in [9.17, 15) is 18.3 Å². The molecule has 2 N–H and O–H groups in total. The molecule has 1 heterocycles. The third-order valence-electron chi connectivity index (χ3n) is 6.20. The topological polar surface area (TPSA) is 105 Å². The number of hydrogen-bond acceptors (Lipinski definition) is 5. The second-order valence-electron chi connectivity index (χ2n) is 9.96. The minimum atomic E-state index is -3.85. The number of fused-ring (bicyclic) bond motifs is 1. The van der Waals surface area contributed by atoms with Gasteiger partial charge < -0.3 is 14.6 Å². The third-order valence-corrected chi connectivity index (χ3v) is 7.71.